The van der Waals surface area contributed by atoms with E-state index in [9.17, 15) is 9.18 Å². The van der Waals surface area contributed by atoms with E-state index in [1.807, 2.05) is 0 Å². The molecule has 2 aromatic carbocycles. The van der Waals surface area contributed by atoms with E-state index in [2.05, 4.69) is 0 Å². The molecule has 1 amide bonds. The Labute approximate surface area is 156 Å². The molecular weight excluding hydrogens is 364 g/mol. The molecule has 0 saturated carbocycles. The topological polar surface area (TPSA) is 29.5 Å². The Morgan fingerprint density at radius 1 is 1.20 bits per heavy atom. The van der Waals surface area contributed by atoms with Crippen molar-refractivity contribution >= 4 is 29.1 Å². The van der Waals surface area contributed by atoms with Gasteiger partial charge in [-0.25, -0.2) is 4.39 Å². The van der Waals surface area contributed by atoms with E-state index in [-0.39, 0.29) is 24.4 Å². The third kappa shape index (κ3) is 4.51. The van der Waals surface area contributed by atoms with Gasteiger partial charge < -0.3 is 9.64 Å². The van der Waals surface area contributed by atoms with Crippen LogP contribution in [0.25, 0.3) is 0 Å². The molecule has 25 heavy (non-hydrogen) atoms. The van der Waals surface area contributed by atoms with Gasteiger partial charge in [0.15, 0.2) is 0 Å². The average Bonchev–Trinajstić information content (AvgIpc) is 2.63. The van der Waals surface area contributed by atoms with Crippen LogP contribution in [-0.4, -0.2) is 30.0 Å². The highest BCUT2D eigenvalue weighted by Crippen LogP contribution is 2.24. The van der Waals surface area contributed by atoms with Crippen LogP contribution in [0.3, 0.4) is 0 Å². The number of piperidine rings is 1. The molecule has 1 aliphatic heterocycles. The fourth-order valence-electron chi connectivity index (χ4n) is 2.89. The molecule has 3 nitrogen and oxygen atoms in total. The van der Waals surface area contributed by atoms with E-state index >= 15 is 0 Å². The third-order valence-electron chi connectivity index (χ3n) is 4.26. The van der Waals surface area contributed by atoms with Crippen molar-refractivity contribution in [3.63, 3.8) is 0 Å². The molecule has 0 spiro atoms. The van der Waals surface area contributed by atoms with E-state index in [1.54, 1.807) is 41.3 Å². The third-order valence-corrected chi connectivity index (χ3v) is 5.00. The molecule has 1 saturated heterocycles. The minimum absolute atomic E-state index is 0.0993. The van der Waals surface area contributed by atoms with Crippen LogP contribution in [0.1, 0.15) is 28.8 Å². The Hall–Kier alpha value is -1.62. The number of benzene rings is 2. The molecule has 6 heteroatoms. The van der Waals surface area contributed by atoms with E-state index in [1.165, 1.54) is 6.07 Å². The SMILES string of the molecule is O=C(c1ccc(Cl)c(Cl)c1)N1CCCC(OCc2ccccc2F)C1. The lowest BCUT2D eigenvalue weighted by atomic mass is 10.1. The monoisotopic (exact) mass is 381 g/mol. The Bertz CT molecular complexity index is 769. The van der Waals surface area contributed by atoms with Gasteiger partial charge in [-0.05, 0) is 37.1 Å². The summed E-state index contributed by atoms with van der Waals surface area (Å²) in [7, 11) is 0. The minimum Gasteiger partial charge on any atom is -0.372 e. The molecule has 0 aromatic heterocycles. The van der Waals surface area contributed by atoms with Crippen LogP contribution in [0, 0.1) is 5.82 Å². The summed E-state index contributed by atoms with van der Waals surface area (Å²) in [4.78, 5) is 14.4. The lowest BCUT2D eigenvalue weighted by Gasteiger charge is -2.33. The molecule has 3 rings (SSSR count). The number of likely N-dealkylation sites (tertiary alicyclic amines) is 1. The van der Waals surface area contributed by atoms with E-state index in [0.717, 1.165) is 12.8 Å². The van der Waals surface area contributed by atoms with Gasteiger partial charge in [0.1, 0.15) is 5.82 Å². The Balaban J connectivity index is 1.61. The molecule has 0 bridgehead atoms. The Kier molecular flexibility index (Phi) is 5.94. The Morgan fingerprint density at radius 2 is 2.00 bits per heavy atom. The molecule has 2 aromatic rings. The first-order valence-electron chi connectivity index (χ1n) is 8.14. The molecule has 1 atom stereocenters. The standard InChI is InChI=1S/C19H18Cl2FNO2/c20-16-8-7-13(10-17(16)21)19(24)23-9-3-5-15(11-23)25-12-14-4-1-2-6-18(14)22/h1-2,4,6-8,10,15H,3,5,9,11-12H2. The molecule has 0 N–H and O–H groups in total. The zero-order chi connectivity index (χ0) is 17.8. The number of ether oxygens (including phenoxy) is 1. The van der Waals surface area contributed by atoms with Gasteiger partial charge in [-0.2, -0.15) is 0 Å². The maximum Gasteiger partial charge on any atom is 0.253 e. The molecule has 1 aliphatic rings. The molecule has 132 valence electrons. The first-order valence-corrected chi connectivity index (χ1v) is 8.89. The van der Waals surface area contributed by atoms with Crippen molar-refractivity contribution < 1.29 is 13.9 Å². The van der Waals surface area contributed by atoms with Crippen LogP contribution in [-0.2, 0) is 11.3 Å². The summed E-state index contributed by atoms with van der Waals surface area (Å²) >= 11 is 11.9. The van der Waals surface area contributed by atoms with Crippen molar-refractivity contribution in [3.05, 3.63) is 69.5 Å². The zero-order valence-electron chi connectivity index (χ0n) is 13.6. The van der Waals surface area contributed by atoms with Crippen molar-refractivity contribution in [3.8, 4) is 0 Å². The summed E-state index contributed by atoms with van der Waals surface area (Å²) in [6.45, 7) is 1.35. The first kappa shape index (κ1) is 18.2. The number of nitrogens with zero attached hydrogens (tertiary/aromatic N) is 1. The van der Waals surface area contributed by atoms with Crippen LogP contribution >= 0.6 is 23.2 Å². The lowest BCUT2D eigenvalue weighted by Crippen LogP contribution is -2.43. The van der Waals surface area contributed by atoms with Crippen molar-refractivity contribution in [1.29, 1.82) is 0 Å². The van der Waals surface area contributed by atoms with E-state index in [0.29, 0.717) is 34.3 Å². The summed E-state index contributed by atoms with van der Waals surface area (Å²) in [5.74, 6) is -0.375. The summed E-state index contributed by atoms with van der Waals surface area (Å²) in [5.41, 5.74) is 1.03. The molecule has 1 heterocycles. The average molecular weight is 382 g/mol. The molecule has 1 unspecified atom stereocenters. The van der Waals surface area contributed by atoms with E-state index < -0.39 is 0 Å². The van der Waals surface area contributed by atoms with E-state index in [4.69, 9.17) is 27.9 Å². The summed E-state index contributed by atoms with van der Waals surface area (Å²) in [6.07, 6.45) is 1.58. The van der Waals surface area contributed by atoms with Crippen molar-refractivity contribution in [2.75, 3.05) is 13.1 Å². The molecule has 0 aliphatic carbocycles. The largest absolute Gasteiger partial charge is 0.372 e. The summed E-state index contributed by atoms with van der Waals surface area (Å²) in [5, 5.41) is 0.778. The normalized spacial score (nSPS) is 17.6. The van der Waals surface area contributed by atoms with Gasteiger partial charge >= 0.3 is 0 Å². The van der Waals surface area contributed by atoms with Crippen LogP contribution in [0.2, 0.25) is 10.0 Å². The molecular formula is C19H18Cl2FNO2. The number of carbonyl (C=O) groups is 1. The maximum absolute atomic E-state index is 13.7. The quantitative estimate of drug-likeness (QED) is 0.749. The van der Waals surface area contributed by atoms with Crippen LogP contribution in [0.5, 0.6) is 0 Å². The number of halogens is 3. The van der Waals surface area contributed by atoms with Gasteiger partial charge in [0.2, 0.25) is 0 Å². The minimum atomic E-state index is -0.276. The highest BCUT2D eigenvalue weighted by atomic mass is 35.5. The van der Waals surface area contributed by atoms with Gasteiger partial charge in [-0.3, -0.25) is 4.79 Å². The van der Waals surface area contributed by atoms with Gasteiger partial charge in [0, 0.05) is 24.2 Å². The van der Waals surface area contributed by atoms with Crippen molar-refractivity contribution in [2.24, 2.45) is 0 Å². The van der Waals surface area contributed by atoms with Crippen molar-refractivity contribution in [1.82, 2.24) is 4.90 Å². The lowest BCUT2D eigenvalue weighted by molar-refractivity contribution is -0.00761. The van der Waals surface area contributed by atoms with Gasteiger partial charge in [0.25, 0.3) is 5.91 Å². The highest BCUT2D eigenvalue weighted by Gasteiger charge is 2.25. The van der Waals surface area contributed by atoms with Gasteiger partial charge in [0.05, 0.1) is 22.8 Å². The Morgan fingerprint density at radius 3 is 2.76 bits per heavy atom. The first-order chi connectivity index (χ1) is 12.0. The van der Waals surface area contributed by atoms with Crippen LogP contribution in [0.4, 0.5) is 4.39 Å². The second-order valence-corrected chi connectivity index (χ2v) is 6.86. The second-order valence-electron chi connectivity index (χ2n) is 6.05. The fourth-order valence-corrected chi connectivity index (χ4v) is 3.19. The summed E-state index contributed by atoms with van der Waals surface area (Å²) < 4.78 is 19.5. The summed E-state index contributed by atoms with van der Waals surface area (Å²) in [6, 6.07) is 11.4. The van der Waals surface area contributed by atoms with Crippen LogP contribution < -0.4 is 0 Å². The van der Waals surface area contributed by atoms with Crippen LogP contribution in [0.15, 0.2) is 42.5 Å². The number of rotatable bonds is 4. The number of carbonyl (C=O) groups excluding carboxylic acids is 1. The molecule has 0 radical (unpaired) electrons. The smallest absolute Gasteiger partial charge is 0.253 e. The zero-order valence-corrected chi connectivity index (χ0v) is 15.1. The number of hydrogen-bond acceptors (Lipinski definition) is 2. The predicted molar refractivity (Wildman–Crippen MR) is 96.6 cm³/mol. The number of hydrogen-bond donors (Lipinski definition) is 0. The van der Waals surface area contributed by atoms with Gasteiger partial charge in [-0.15, -0.1) is 0 Å². The predicted octanol–water partition coefficient (Wildman–Crippen LogP) is 4.95. The number of amides is 1. The van der Waals surface area contributed by atoms with Gasteiger partial charge in [-0.1, -0.05) is 41.4 Å². The second kappa shape index (κ2) is 8.17. The maximum atomic E-state index is 13.7. The highest BCUT2D eigenvalue weighted by molar-refractivity contribution is 6.42. The fraction of sp³-hybridized carbons (Fsp3) is 0.316. The van der Waals surface area contributed by atoms with Crippen molar-refractivity contribution in [2.45, 2.75) is 25.6 Å². The molecule has 1 fully saturated rings.